The van der Waals surface area contributed by atoms with E-state index in [1.54, 1.807) is 0 Å². The molecular weight excluding hydrogens is 388 g/mol. The number of nitrogens with one attached hydrogen (secondary N) is 3. The third kappa shape index (κ3) is 4.82. The second-order valence-corrected chi connectivity index (χ2v) is 10.2. The molecule has 1 aromatic heterocycles. The van der Waals surface area contributed by atoms with Gasteiger partial charge in [0.2, 0.25) is 10.0 Å². The standard InChI is InChI=1S/C21H30N4O3S/c1-29(27,28)24-12-15-3-2-10-25(14-15)21(26)17-4-5-20-18(11-17)19(13-23-20)16-6-8-22-9-7-16/h4-5,11,13,15-16,22-24H,2-3,6-10,12,14H2,1H3. The number of benzene rings is 1. The molecule has 2 aliphatic heterocycles. The first-order chi connectivity index (χ1) is 13.9. The lowest BCUT2D eigenvalue weighted by molar-refractivity contribution is 0.0676. The smallest absolute Gasteiger partial charge is 0.253 e. The van der Waals surface area contributed by atoms with Gasteiger partial charge in [-0.15, -0.1) is 0 Å². The molecular formula is C21H30N4O3S. The fraction of sp³-hybridized carbons (Fsp3) is 0.571. The van der Waals surface area contributed by atoms with Crippen LogP contribution in [0.25, 0.3) is 10.9 Å². The highest BCUT2D eigenvalue weighted by Gasteiger charge is 2.26. The van der Waals surface area contributed by atoms with Crippen LogP contribution < -0.4 is 10.0 Å². The van der Waals surface area contributed by atoms with Crippen molar-refractivity contribution in [3.63, 3.8) is 0 Å². The number of H-pyrrole nitrogens is 1. The van der Waals surface area contributed by atoms with Crippen LogP contribution in [0.4, 0.5) is 0 Å². The summed E-state index contributed by atoms with van der Waals surface area (Å²) in [6, 6.07) is 5.93. The number of carbonyl (C=O) groups excluding carboxylic acids is 1. The molecule has 29 heavy (non-hydrogen) atoms. The number of likely N-dealkylation sites (tertiary alicyclic amines) is 1. The molecule has 158 valence electrons. The molecule has 1 atom stereocenters. The number of hydrogen-bond donors (Lipinski definition) is 3. The highest BCUT2D eigenvalue weighted by Crippen LogP contribution is 2.32. The van der Waals surface area contributed by atoms with Crippen LogP contribution in [0, 0.1) is 5.92 Å². The SMILES string of the molecule is CS(=O)(=O)NCC1CCCN(C(=O)c2ccc3[nH]cc(C4CCNCC4)c3c2)C1. The van der Waals surface area contributed by atoms with Crippen molar-refractivity contribution >= 4 is 26.8 Å². The van der Waals surface area contributed by atoms with E-state index in [-0.39, 0.29) is 11.8 Å². The molecule has 0 radical (unpaired) electrons. The molecule has 2 saturated heterocycles. The Labute approximate surface area is 172 Å². The lowest BCUT2D eigenvalue weighted by Crippen LogP contribution is -2.43. The van der Waals surface area contributed by atoms with Crippen molar-refractivity contribution in [2.24, 2.45) is 5.92 Å². The van der Waals surface area contributed by atoms with E-state index in [2.05, 4.69) is 21.2 Å². The van der Waals surface area contributed by atoms with Crippen molar-refractivity contribution < 1.29 is 13.2 Å². The number of aromatic nitrogens is 1. The van der Waals surface area contributed by atoms with Crippen LogP contribution in [0.3, 0.4) is 0 Å². The number of aromatic amines is 1. The van der Waals surface area contributed by atoms with Gasteiger partial charge in [-0.2, -0.15) is 0 Å². The third-order valence-electron chi connectivity index (χ3n) is 6.18. The summed E-state index contributed by atoms with van der Waals surface area (Å²) < 4.78 is 25.3. The molecule has 2 aliphatic rings. The fourth-order valence-electron chi connectivity index (χ4n) is 4.61. The van der Waals surface area contributed by atoms with Gasteiger partial charge in [0.1, 0.15) is 0 Å². The fourth-order valence-corrected chi connectivity index (χ4v) is 5.15. The third-order valence-corrected chi connectivity index (χ3v) is 6.87. The normalized spacial score (nSPS) is 21.6. The van der Waals surface area contributed by atoms with Gasteiger partial charge in [-0.05, 0) is 74.4 Å². The van der Waals surface area contributed by atoms with Crippen molar-refractivity contribution in [3.05, 3.63) is 35.5 Å². The topological polar surface area (TPSA) is 94.3 Å². The second-order valence-electron chi connectivity index (χ2n) is 8.41. The Kier molecular flexibility index (Phi) is 5.94. The maximum Gasteiger partial charge on any atom is 0.253 e. The maximum atomic E-state index is 13.2. The number of carbonyl (C=O) groups is 1. The van der Waals surface area contributed by atoms with E-state index in [1.807, 2.05) is 23.1 Å². The molecule has 3 heterocycles. The summed E-state index contributed by atoms with van der Waals surface area (Å²) in [6.07, 6.45) is 7.34. The second kappa shape index (κ2) is 8.45. The Morgan fingerprint density at radius 2 is 2.03 bits per heavy atom. The van der Waals surface area contributed by atoms with Crippen molar-refractivity contribution in [1.82, 2.24) is 19.9 Å². The van der Waals surface area contributed by atoms with E-state index < -0.39 is 10.0 Å². The number of nitrogens with zero attached hydrogens (tertiary/aromatic N) is 1. The summed E-state index contributed by atoms with van der Waals surface area (Å²) in [7, 11) is -3.21. The van der Waals surface area contributed by atoms with Gasteiger partial charge in [0, 0.05) is 42.3 Å². The highest BCUT2D eigenvalue weighted by molar-refractivity contribution is 7.88. The number of amides is 1. The van der Waals surface area contributed by atoms with Crippen LogP contribution in [0.2, 0.25) is 0 Å². The summed E-state index contributed by atoms with van der Waals surface area (Å²) in [6.45, 7) is 3.77. The summed E-state index contributed by atoms with van der Waals surface area (Å²) in [5.74, 6) is 0.717. The van der Waals surface area contributed by atoms with Gasteiger partial charge in [0.25, 0.3) is 5.91 Å². The average Bonchev–Trinajstić information content (AvgIpc) is 3.15. The Morgan fingerprint density at radius 3 is 2.79 bits per heavy atom. The van der Waals surface area contributed by atoms with Gasteiger partial charge in [0.15, 0.2) is 0 Å². The zero-order valence-corrected chi connectivity index (χ0v) is 17.7. The molecule has 1 unspecified atom stereocenters. The summed E-state index contributed by atoms with van der Waals surface area (Å²) >= 11 is 0. The molecule has 0 aliphatic carbocycles. The quantitative estimate of drug-likeness (QED) is 0.693. The largest absolute Gasteiger partial charge is 0.361 e. The first-order valence-corrected chi connectivity index (χ1v) is 12.4. The van der Waals surface area contributed by atoms with Crippen molar-refractivity contribution in [1.29, 1.82) is 0 Å². The van der Waals surface area contributed by atoms with Gasteiger partial charge in [-0.3, -0.25) is 4.79 Å². The lowest BCUT2D eigenvalue weighted by Gasteiger charge is -2.33. The molecule has 2 fully saturated rings. The Morgan fingerprint density at radius 1 is 1.24 bits per heavy atom. The van der Waals surface area contributed by atoms with E-state index in [0.717, 1.165) is 56.2 Å². The Bertz CT molecular complexity index is 979. The van der Waals surface area contributed by atoms with E-state index in [4.69, 9.17) is 0 Å². The van der Waals surface area contributed by atoms with Crippen LogP contribution in [-0.2, 0) is 10.0 Å². The predicted molar refractivity (Wildman–Crippen MR) is 115 cm³/mol. The molecule has 2 aromatic rings. The van der Waals surface area contributed by atoms with Gasteiger partial charge >= 0.3 is 0 Å². The van der Waals surface area contributed by atoms with Crippen LogP contribution in [0.1, 0.15) is 47.5 Å². The monoisotopic (exact) mass is 418 g/mol. The summed E-state index contributed by atoms with van der Waals surface area (Å²) in [5.41, 5.74) is 3.10. The van der Waals surface area contributed by atoms with Crippen LogP contribution >= 0.6 is 0 Å². The van der Waals surface area contributed by atoms with Gasteiger partial charge in [-0.1, -0.05) is 0 Å². The van der Waals surface area contributed by atoms with E-state index in [1.165, 1.54) is 11.8 Å². The molecule has 7 nitrogen and oxygen atoms in total. The number of sulfonamides is 1. The first kappa shape index (κ1) is 20.4. The van der Waals surface area contributed by atoms with Gasteiger partial charge in [-0.25, -0.2) is 13.1 Å². The van der Waals surface area contributed by atoms with Crippen molar-refractivity contribution in [2.75, 3.05) is 39.0 Å². The zero-order valence-electron chi connectivity index (χ0n) is 16.9. The van der Waals surface area contributed by atoms with Crippen LogP contribution in [0.15, 0.2) is 24.4 Å². The Balaban J connectivity index is 1.50. The van der Waals surface area contributed by atoms with E-state index >= 15 is 0 Å². The van der Waals surface area contributed by atoms with Crippen molar-refractivity contribution in [3.8, 4) is 0 Å². The molecule has 1 amide bonds. The summed E-state index contributed by atoms with van der Waals surface area (Å²) in [4.78, 5) is 18.4. The zero-order chi connectivity index (χ0) is 20.4. The molecule has 8 heteroatoms. The van der Waals surface area contributed by atoms with E-state index in [9.17, 15) is 13.2 Å². The number of rotatable bonds is 5. The molecule has 0 bridgehead atoms. The van der Waals surface area contributed by atoms with Gasteiger partial charge in [0.05, 0.1) is 6.26 Å². The Hall–Kier alpha value is -1.90. The van der Waals surface area contributed by atoms with E-state index in [0.29, 0.717) is 24.6 Å². The van der Waals surface area contributed by atoms with Crippen molar-refractivity contribution in [2.45, 2.75) is 31.6 Å². The average molecular weight is 419 g/mol. The predicted octanol–water partition coefficient (Wildman–Crippen LogP) is 2.04. The number of hydrogen-bond acceptors (Lipinski definition) is 4. The number of piperidine rings is 2. The maximum absolute atomic E-state index is 13.2. The molecule has 0 saturated carbocycles. The molecule has 3 N–H and O–H groups in total. The minimum absolute atomic E-state index is 0.0356. The van der Waals surface area contributed by atoms with Crippen LogP contribution in [0.5, 0.6) is 0 Å². The molecule has 4 rings (SSSR count). The molecule has 1 aromatic carbocycles. The first-order valence-electron chi connectivity index (χ1n) is 10.5. The lowest BCUT2D eigenvalue weighted by atomic mass is 9.89. The van der Waals surface area contributed by atoms with Gasteiger partial charge < -0.3 is 15.2 Å². The highest BCUT2D eigenvalue weighted by atomic mass is 32.2. The molecule has 0 spiro atoms. The van der Waals surface area contributed by atoms with Crippen LogP contribution in [-0.4, -0.2) is 63.2 Å². The number of fused-ring (bicyclic) bond motifs is 1. The summed E-state index contributed by atoms with van der Waals surface area (Å²) in [5, 5.41) is 4.56. The minimum Gasteiger partial charge on any atom is -0.361 e. The minimum atomic E-state index is -3.21.